The molecule has 46 valence electrons. The Labute approximate surface area is 71.7 Å². The molecule has 0 saturated carbocycles. The van der Waals surface area contributed by atoms with Crippen molar-refractivity contribution in [1.82, 2.24) is 0 Å². The summed E-state index contributed by atoms with van der Waals surface area (Å²) in [4.78, 5) is 0. The molecule has 0 radical (unpaired) electrons. The van der Waals surface area contributed by atoms with Crippen LogP contribution in [0.3, 0.4) is 0 Å². The maximum Gasteiger partial charge on any atom is 0 e. The second-order valence-corrected chi connectivity index (χ2v) is 2.06. The molecule has 1 aromatic carbocycles. The number of hydrogen-bond acceptors (Lipinski definition) is 0. The first kappa shape index (κ1) is 8.39. The number of halogens is 1. The van der Waals surface area contributed by atoms with Crippen LogP contribution >= 0.6 is 15.9 Å². The van der Waals surface area contributed by atoms with Gasteiger partial charge in [-0.05, 0) is 0 Å². The first-order chi connectivity index (χ1) is 3.39. The average molecular weight is 351 g/mol. The molecular weight excluding hydrogens is 347 g/mol. The van der Waals surface area contributed by atoms with Gasteiger partial charge >= 0.3 is 0 Å². The summed E-state index contributed by atoms with van der Waals surface area (Å²) in [6, 6.07) is 10.7. The molecule has 0 aliphatic carbocycles. The van der Waals surface area contributed by atoms with E-state index in [1.807, 2.05) is 24.3 Å². The number of hydrogen-bond donors (Lipinski definition) is 0. The Morgan fingerprint density at radius 1 is 1.38 bits per heavy atom. The van der Waals surface area contributed by atoms with Crippen LogP contribution in [0.1, 0.15) is 0 Å². The summed E-state index contributed by atoms with van der Waals surface area (Å²) in [5.74, 6) is 0. The molecule has 0 heterocycles. The summed E-state index contributed by atoms with van der Waals surface area (Å²) >= 11 is 3.26. The van der Waals surface area contributed by atoms with E-state index in [0.717, 1.165) is 4.47 Å². The van der Waals surface area contributed by atoms with Crippen molar-refractivity contribution in [3.8, 4) is 0 Å². The van der Waals surface area contributed by atoms with Crippen molar-refractivity contribution in [3.05, 3.63) is 34.8 Å². The zero-order valence-corrected chi connectivity index (χ0v) is 7.86. The van der Waals surface area contributed by atoms with Crippen LogP contribution in [0.25, 0.3) is 0 Å². The van der Waals surface area contributed by atoms with Gasteiger partial charge in [0.25, 0.3) is 0 Å². The Kier molecular flexibility index (Phi) is 4.49. The van der Waals surface area contributed by atoms with Crippen molar-refractivity contribution in [1.29, 1.82) is 0 Å². The predicted molar refractivity (Wildman–Crippen MR) is 33.0 cm³/mol. The van der Waals surface area contributed by atoms with E-state index in [2.05, 4.69) is 22.0 Å². The van der Waals surface area contributed by atoms with E-state index in [9.17, 15) is 0 Å². The second kappa shape index (κ2) is 4.29. The van der Waals surface area contributed by atoms with Crippen LogP contribution in [0.2, 0.25) is 0 Å². The Morgan fingerprint density at radius 3 is 2.38 bits per heavy atom. The Balaban J connectivity index is 0.000000490. The minimum absolute atomic E-state index is 0. The maximum absolute atomic E-state index is 3.26. The van der Waals surface area contributed by atoms with E-state index in [1.54, 1.807) is 0 Å². The third-order valence-corrected chi connectivity index (χ3v) is 1.16. The van der Waals surface area contributed by atoms with Crippen LogP contribution < -0.4 is 0 Å². The van der Waals surface area contributed by atoms with E-state index < -0.39 is 0 Å². The molecule has 0 saturated heterocycles. The van der Waals surface area contributed by atoms with E-state index >= 15 is 0 Å². The Hall–Kier alpha value is 0.388. The molecule has 1 rings (SSSR count). The van der Waals surface area contributed by atoms with Crippen LogP contribution in [-0.2, 0) is 21.1 Å². The summed E-state index contributed by atoms with van der Waals surface area (Å²) in [5.41, 5.74) is 0. The third kappa shape index (κ3) is 2.64. The zero-order chi connectivity index (χ0) is 5.11. The van der Waals surface area contributed by atoms with Crippen LogP contribution in [0.4, 0.5) is 0 Å². The molecule has 0 aliphatic heterocycles. The predicted octanol–water partition coefficient (Wildman–Crippen LogP) is 2.25. The molecule has 0 aliphatic rings. The second-order valence-electron chi connectivity index (χ2n) is 1.21. The fraction of sp³-hybridized carbons (Fsp3) is 0. The molecule has 0 fully saturated rings. The molecule has 0 nitrogen and oxygen atoms in total. The topological polar surface area (TPSA) is 0 Å². The van der Waals surface area contributed by atoms with Gasteiger partial charge in [-0.3, -0.25) is 0 Å². The third-order valence-electron chi connectivity index (χ3n) is 0.671. The first-order valence-electron chi connectivity index (χ1n) is 2.02. The van der Waals surface area contributed by atoms with E-state index in [4.69, 9.17) is 0 Å². The monoisotopic (exact) mass is 350 g/mol. The molecular formula is C6H4BrPt-. The largest absolute Gasteiger partial charge is 0.176 e. The van der Waals surface area contributed by atoms with Gasteiger partial charge in [-0.25, -0.2) is 0 Å². The molecule has 8 heavy (non-hydrogen) atoms. The van der Waals surface area contributed by atoms with Crippen LogP contribution in [0.15, 0.2) is 28.7 Å². The van der Waals surface area contributed by atoms with Crippen molar-refractivity contribution in [2.75, 3.05) is 0 Å². The number of rotatable bonds is 0. The summed E-state index contributed by atoms with van der Waals surface area (Å²) < 4.78 is 1.01. The van der Waals surface area contributed by atoms with Gasteiger partial charge in [-0.2, -0.15) is 30.3 Å². The van der Waals surface area contributed by atoms with Crippen LogP contribution in [0.5, 0.6) is 0 Å². The Bertz CT molecular complexity index is 138. The average Bonchev–Trinajstić information content (AvgIpc) is 1.69. The molecule has 0 unspecified atom stereocenters. The van der Waals surface area contributed by atoms with Gasteiger partial charge in [0.2, 0.25) is 0 Å². The van der Waals surface area contributed by atoms with Crippen molar-refractivity contribution in [2.24, 2.45) is 0 Å². The van der Waals surface area contributed by atoms with E-state index in [-0.39, 0.29) is 21.1 Å². The zero-order valence-electron chi connectivity index (χ0n) is 4.00. The molecule has 1 aromatic rings. The quantitative estimate of drug-likeness (QED) is 0.629. The molecule has 0 aromatic heterocycles. The van der Waals surface area contributed by atoms with E-state index in [0.29, 0.717) is 0 Å². The van der Waals surface area contributed by atoms with Crippen molar-refractivity contribution in [2.45, 2.75) is 0 Å². The SMILES string of the molecule is Brc1[c-]cccc1.[Pt]. The fourth-order valence-electron chi connectivity index (χ4n) is 0.371. The summed E-state index contributed by atoms with van der Waals surface area (Å²) in [6.07, 6.45) is 0. The first-order valence-corrected chi connectivity index (χ1v) is 2.81. The van der Waals surface area contributed by atoms with Crippen LogP contribution in [-0.4, -0.2) is 0 Å². The molecule has 0 N–H and O–H groups in total. The smallest absolute Gasteiger partial charge is 0 e. The van der Waals surface area contributed by atoms with Crippen LogP contribution in [0, 0.1) is 6.07 Å². The molecule has 0 bridgehead atoms. The van der Waals surface area contributed by atoms with E-state index in [1.165, 1.54) is 0 Å². The van der Waals surface area contributed by atoms with Gasteiger partial charge in [0.15, 0.2) is 0 Å². The summed E-state index contributed by atoms with van der Waals surface area (Å²) in [7, 11) is 0. The standard InChI is InChI=1S/C6H4Br.Pt/c7-6-4-2-1-3-5-6;/h1-4H;/q-1;. The van der Waals surface area contributed by atoms with Crippen molar-refractivity contribution < 1.29 is 21.1 Å². The van der Waals surface area contributed by atoms with Gasteiger partial charge in [-0.15, -0.1) is 0 Å². The molecule has 0 atom stereocenters. The Morgan fingerprint density at radius 2 is 2.12 bits per heavy atom. The van der Waals surface area contributed by atoms with Gasteiger partial charge in [0.1, 0.15) is 0 Å². The summed E-state index contributed by atoms with van der Waals surface area (Å²) in [5, 5.41) is 0. The fourth-order valence-corrected chi connectivity index (χ4v) is 0.656. The van der Waals surface area contributed by atoms with Gasteiger partial charge < -0.3 is 0 Å². The molecule has 2 heteroatoms. The normalized spacial score (nSPS) is 7.62. The maximum atomic E-state index is 3.26. The minimum Gasteiger partial charge on any atom is -0.176 e. The number of benzene rings is 1. The van der Waals surface area contributed by atoms with Gasteiger partial charge in [-0.1, -0.05) is 20.4 Å². The molecule has 0 amide bonds. The van der Waals surface area contributed by atoms with Gasteiger partial charge in [0, 0.05) is 21.1 Å². The summed E-state index contributed by atoms with van der Waals surface area (Å²) in [6.45, 7) is 0. The molecule has 0 spiro atoms. The van der Waals surface area contributed by atoms with Crippen molar-refractivity contribution in [3.63, 3.8) is 0 Å². The van der Waals surface area contributed by atoms with Gasteiger partial charge in [0.05, 0.1) is 0 Å². The van der Waals surface area contributed by atoms with Crippen molar-refractivity contribution >= 4 is 15.9 Å². The minimum atomic E-state index is 0.